The first-order chi connectivity index (χ1) is 16.8. The highest BCUT2D eigenvalue weighted by Crippen LogP contribution is 2.15. The van der Waals surface area contributed by atoms with Gasteiger partial charge in [0.1, 0.15) is 17.8 Å². The van der Waals surface area contributed by atoms with Gasteiger partial charge in [-0.15, -0.1) is 0 Å². The monoisotopic (exact) mass is 499 g/mol. The van der Waals surface area contributed by atoms with E-state index in [4.69, 9.17) is 14.3 Å². The largest absolute Gasteiger partial charge is 0.444 e. The van der Waals surface area contributed by atoms with Crippen molar-refractivity contribution in [2.24, 2.45) is 0 Å². The van der Waals surface area contributed by atoms with Crippen molar-refractivity contribution in [3.8, 4) is 0 Å². The molecular weight excluding hydrogens is 462 g/mol. The van der Waals surface area contributed by atoms with Crippen molar-refractivity contribution in [1.29, 1.82) is 0 Å². The number of ether oxygens (including phenoxy) is 2. The van der Waals surface area contributed by atoms with Crippen LogP contribution < -0.4 is 10.6 Å². The van der Waals surface area contributed by atoms with Gasteiger partial charge in [0.15, 0.2) is 0 Å². The summed E-state index contributed by atoms with van der Waals surface area (Å²) >= 11 is 0. The highest BCUT2D eigenvalue weighted by atomic mass is 16.7. The molecule has 0 unspecified atom stereocenters. The maximum absolute atomic E-state index is 12.7. The molecule has 2 rings (SSSR count). The van der Waals surface area contributed by atoms with Crippen LogP contribution in [0.5, 0.6) is 0 Å². The first-order valence-electron chi connectivity index (χ1n) is 11.8. The highest BCUT2D eigenvalue weighted by molar-refractivity contribution is 5.94. The maximum atomic E-state index is 12.7. The summed E-state index contributed by atoms with van der Waals surface area (Å²) in [5.41, 5.74) is 0.900. The van der Waals surface area contributed by atoms with Gasteiger partial charge in [-0.2, -0.15) is 5.06 Å². The minimum absolute atomic E-state index is 0.119. The fraction of sp³-hybridized carbons (Fsp3) is 0.444. The van der Waals surface area contributed by atoms with Crippen molar-refractivity contribution < 1.29 is 28.7 Å². The topological polar surface area (TPSA) is 106 Å². The SMILES string of the molecule is CC(C)(C)OC(=O)NCCNC(=O)c1ccc(CON(Cc2ccccc2)C(=O)OC(C)(C)C)cc1. The second kappa shape index (κ2) is 12.9. The first-order valence-corrected chi connectivity index (χ1v) is 11.8. The van der Waals surface area contributed by atoms with Crippen molar-refractivity contribution in [2.45, 2.75) is 65.9 Å². The van der Waals surface area contributed by atoms with Gasteiger partial charge in [0.25, 0.3) is 5.91 Å². The zero-order valence-corrected chi connectivity index (χ0v) is 21.9. The molecule has 0 heterocycles. The van der Waals surface area contributed by atoms with Gasteiger partial charge in [-0.05, 0) is 64.8 Å². The molecule has 36 heavy (non-hydrogen) atoms. The Kier molecular flexibility index (Phi) is 10.3. The Morgan fingerprint density at radius 1 is 0.750 bits per heavy atom. The lowest BCUT2D eigenvalue weighted by atomic mass is 10.1. The van der Waals surface area contributed by atoms with Crippen LogP contribution in [-0.2, 0) is 27.5 Å². The Hall–Kier alpha value is -3.59. The number of hydroxylamine groups is 2. The van der Waals surface area contributed by atoms with Gasteiger partial charge >= 0.3 is 12.2 Å². The predicted octanol–water partition coefficient (Wildman–Crippen LogP) is 4.81. The van der Waals surface area contributed by atoms with E-state index in [1.54, 1.807) is 65.8 Å². The summed E-state index contributed by atoms with van der Waals surface area (Å²) in [6, 6.07) is 16.3. The zero-order valence-electron chi connectivity index (χ0n) is 21.9. The fourth-order valence-electron chi connectivity index (χ4n) is 2.89. The summed E-state index contributed by atoms with van der Waals surface area (Å²) in [4.78, 5) is 42.4. The molecule has 2 aromatic carbocycles. The smallest absolute Gasteiger partial charge is 0.434 e. The fourth-order valence-corrected chi connectivity index (χ4v) is 2.89. The molecule has 0 saturated heterocycles. The summed E-state index contributed by atoms with van der Waals surface area (Å²) < 4.78 is 10.6. The van der Waals surface area contributed by atoms with E-state index in [1.165, 1.54) is 5.06 Å². The molecule has 0 saturated carbocycles. The Bertz CT molecular complexity index is 995. The summed E-state index contributed by atoms with van der Waals surface area (Å²) in [6.07, 6.45) is -1.11. The lowest BCUT2D eigenvalue weighted by Crippen LogP contribution is -2.37. The van der Waals surface area contributed by atoms with Crippen LogP contribution in [0.3, 0.4) is 0 Å². The minimum atomic E-state index is -0.660. The number of benzene rings is 2. The van der Waals surface area contributed by atoms with Gasteiger partial charge in [0.05, 0.1) is 6.54 Å². The molecule has 9 heteroatoms. The summed E-state index contributed by atoms with van der Waals surface area (Å²) in [6.45, 7) is 11.6. The maximum Gasteiger partial charge on any atom is 0.434 e. The molecule has 0 aliphatic carbocycles. The van der Waals surface area contributed by atoms with Crippen LogP contribution >= 0.6 is 0 Å². The average molecular weight is 500 g/mol. The molecular formula is C27H37N3O6. The van der Waals surface area contributed by atoms with E-state index >= 15 is 0 Å². The Morgan fingerprint density at radius 3 is 1.92 bits per heavy atom. The number of carbonyl (C=O) groups is 3. The van der Waals surface area contributed by atoms with Crippen molar-refractivity contribution in [3.05, 3.63) is 71.3 Å². The van der Waals surface area contributed by atoms with Crippen molar-refractivity contribution in [1.82, 2.24) is 15.7 Å². The Balaban J connectivity index is 1.87. The number of carbonyl (C=O) groups excluding carboxylic acids is 3. The lowest BCUT2D eigenvalue weighted by molar-refractivity contribution is -0.162. The van der Waals surface area contributed by atoms with Crippen LogP contribution in [0.1, 0.15) is 63.0 Å². The highest BCUT2D eigenvalue weighted by Gasteiger charge is 2.23. The molecule has 196 valence electrons. The molecule has 0 aliphatic heterocycles. The quantitative estimate of drug-likeness (QED) is 0.379. The first kappa shape index (κ1) is 28.6. The molecule has 2 N–H and O–H groups in total. The third-order valence-electron chi connectivity index (χ3n) is 4.45. The van der Waals surface area contributed by atoms with E-state index in [9.17, 15) is 14.4 Å². The third-order valence-corrected chi connectivity index (χ3v) is 4.45. The molecule has 2 aromatic rings. The summed E-state index contributed by atoms with van der Waals surface area (Å²) in [5, 5.41) is 6.52. The molecule has 0 aromatic heterocycles. The van der Waals surface area contributed by atoms with Crippen LogP contribution in [0.4, 0.5) is 9.59 Å². The normalized spacial score (nSPS) is 11.4. The lowest BCUT2D eigenvalue weighted by Gasteiger charge is -2.26. The van der Waals surface area contributed by atoms with E-state index in [-0.39, 0.29) is 32.1 Å². The predicted molar refractivity (Wildman–Crippen MR) is 136 cm³/mol. The van der Waals surface area contributed by atoms with Gasteiger partial charge in [-0.1, -0.05) is 42.5 Å². The molecule has 0 bridgehead atoms. The number of hydrogen-bond acceptors (Lipinski definition) is 6. The standard InChI is InChI=1S/C27H37N3O6/c1-26(2,3)35-24(32)29-17-16-28-23(31)22-14-12-21(13-15-22)19-34-30(25(33)36-27(4,5)6)18-20-10-8-7-9-11-20/h7-15H,16-19H2,1-6H3,(H,28,31)(H,29,32). The van der Waals surface area contributed by atoms with Gasteiger partial charge < -0.3 is 20.1 Å². The Labute approximate surface area is 213 Å². The van der Waals surface area contributed by atoms with Crippen molar-refractivity contribution >= 4 is 18.1 Å². The van der Waals surface area contributed by atoms with Gasteiger partial charge in [-0.25, -0.2) is 9.59 Å². The van der Waals surface area contributed by atoms with E-state index in [1.807, 2.05) is 30.3 Å². The number of amides is 3. The second-order valence-corrected chi connectivity index (χ2v) is 10.2. The van der Waals surface area contributed by atoms with Crippen LogP contribution in [0.25, 0.3) is 0 Å². The second-order valence-electron chi connectivity index (χ2n) is 10.2. The van der Waals surface area contributed by atoms with E-state index < -0.39 is 23.4 Å². The Morgan fingerprint density at radius 2 is 1.33 bits per heavy atom. The minimum Gasteiger partial charge on any atom is -0.444 e. The number of nitrogens with zero attached hydrogens (tertiary/aromatic N) is 1. The van der Waals surface area contributed by atoms with Crippen LogP contribution in [0.15, 0.2) is 54.6 Å². The zero-order chi connectivity index (χ0) is 26.8. The molecule has 0 aliphatic rings. The van der Waals surface area contributed by atoms with Crippen LogP contribution in [-0.4, -0.2) is 47.4 Å². The van der Waals surface area contributed by atoms with Gasteiger partial charge in [0.2, 0.25) is 0 Å². The van der Waals surface area contributed by atoms with Crippen LogP contribution in [0, 0.1) is 0 Å². The average Bonchev–Trinajstić information content (AvgIpc) is 2.78. The molecule has 0 spiro atoms. The summed E-state index contributed by atoms with van der Waals surface area (Å²) in [5.74, 6) is -0.270. The third kappa shape index (κ3) is 11.2. The molecule has 0 radical (unpaired) electrons. The molecule has 9 nitrogen and oxygen atoms in total. The molecule has 3 amide bonds. The van der Waals surface area contributed by atoms with E-state index in [0.29, 0.717) is 5.56 Å². The van der Waals surface area contributed by atoms with Crippen molar-refractivity contribution in [2.75, 3.05) is 13.1 Å². The number of alkyl carbamates (subject to hydrolysis) is 1. The summed E-state index contributed by atoms with van der Waals surface area (Å²) in [7, 11) is 0. The number of rotatable bonds is 9. The molecule has 0 fully saturated rings. The number of nitrogens with one attached hydrogen (secondary N) is 2. The van der Waals surface area contributed by atoms with E-state index in [2.05, 4.69) is 10.6 Å². The van der Waals surface area contributed by atoms with Gasteiger partial charge in [0, 0.05) is 18.7 Å². The van der Waals surface area contributed by atoms with E-state index in [0.717, 1.165) is 11.1 Å². The van der Waals surface area contributed by atoms with Crippen LogP contribution in [0.2, 0.25) is 0 Å². The number of hydrogen-bond donors (Lipinski definition) is 2. The molecule has 0 atom stereocenters. The van der Waals surface area contributed by atoms with Crippen molar-refractivity contribution in [3.63, 3.8) is 0 Å². The van der Waals surface area contributed by atoms with Gasteiger partial charge in [-0.3, -0.25) is 9.63 Å².